The van der Waals surface area contributed by atoms with Gasteiger partial charge in [-0.2, -0.15) is 0 Å². The summed E-state index contributed by atoms with van der Waals surface area (Å²) in [4.78, 5) is 14.3. The smallest absolute Gasteiger partial charge is 0.244 e. The maximum atomic E-state index is 12.4. The Hall–Kier alpha value is -2.21. The third-order valence-corrected chi connectivity index (χ3v) is 3.83. The highest BCUT2D eigenvalue weighted by Crippen LogP contribution is 2.15. The molecule has 1 aliphatic rings. The Labute approximate surface area is 130 Å². The van der Waals surface area contributed by atoms with Gasteiger partial charge in [0.25, 0.3) is 0 Å². The van der Waals surface area contributed by atoms with Gasteiger partial charge in [0, 0.05) is 30.7 Å². The summed E-state index contributed by atoms with van der Waals surface area (Å²) in [6.45, 7) is 6.72. The summed E-state index contributed by atoms with van der Waals surface area (Å²) in [7, 11) is 0. The van der Waals surface area contributed by atoms with E-state index in [0.717, 1.165) is 24.3 Å². The number of hydrogen-bond acceptors (Lipinski definition) is 4. The molecule has 2 heterocycles. The zero-order valence-corrected chi connectivity index (χ0v) is 13.0. The Morgan fingerprint density at radius 3 is 2.82 bits per heavy atom. The number of nitrogens with zero attached hydrogens (tertiary/aromatic N) is 4. The molecule has 0 atom stereocenters. The number of amides is 1. The number of aromatic nitrogens is 3. The molecule has 0 radical (unpaired) electrons. The fraction of sp³-hybridized carbons (Fsp3) is 0.438. The zero-order chi connectivity index (χ0) is 15.6. The second-order valence-electron chi connectivity index (χ2n) is 6.29. The maximum absolute atomic E-state index is 12.4. The highest BCUT2D eigenvalue weighted by atomic mass is 16.2. The molecule has 6 heteroatoms. The van der Waals surface area contributed by atoms with Crippen LogP contribution in [0, 0.1) is 0 Å². The van der Waals surface area contributed by atoms with Gasteiger partial charge in [0.1, 0.15) is 12.2 Å². The summed E-state index contributed by atoms with van der Waals surface area (Å²) in [6.07, 6.45) is 1.82. The van der Waals surface area contributed by atoms with Crippen LogP contribution in [0.5, 0.6) is 0 Å². The molecule has 1 fully saturated rings. The monoisotopic (exact) mass is 299 g/mol. The molecule has 6 nitrogen and oxygen atoms in total. The summed E-state index contributed by atoms with van der Waals surface area (Å²) in [5.74, 6) is 0.0825. The predicted octanol–water partition coefficient (Wildman–Crippen LogP) is 1.16. The number of hydrogen-bond donors (Lipinski definition) is 1. The molecule has 2 aromatic rings. The van der Waals surface area contributed by atoms with Crippen LogP contribution in [0.4, 0.5) is 0 Å². The number of rotatable bonds is 3. The number of piperazine rings is 1. The first kappa shape index (κ1) is 14.7. The lowest BCUT2D eigenvalue weighted by Crippen LogP contribution is -2.58. The second kappa shape index (κ2) is 5.88. The van der Waals surface area contributed by atoms with Crippen molar-refractivity contribution in [1.82, 2.24) is 25.2 Å². The predicted molar refractivity (Wildman–Crippen MR) is 84.1 cm³/mol. The molecule has 0 saturated carbocycles. The minimum absolute atomic E-state index is 0.0362. The average Bonchev–Trinajstić information content (AvgIpc) is 2.95. The van der Waals surface area contributed by atoms with E-state index in [1.54, 1.807) is 4.68 Å². The van der Waals surface area contributed by atoms with Crippen LogP contribution in [0.1, 0.15) is 13.8 Å². The molecule has 0 bridgehead atoms. The van der Waals surface area contributed by atoms with Gasteiger partial charge in [-0.25, -0.2) is 4.68 Å². The van der Waals surface area contributed by atoms with Gasteiger partial charge in [-0.3, -0.25) is 4.79 Å². The van der Waals surface area contributed by atoms with E-state index in [9.17, 15) is 4.79 Å². The van der Waals surface area contributed by atoms with E-state index in [0.29, 0.717) is 6.54 Å². The van der Waals surface area contributed by atoms with Gasteiger partial charge in [-0.1, -0.05) is 35.5 Å². The van der Waals surface area contributed by atoms with Crippen molar-refractivity contribution >= 4 is 5.91 Å². The Morgan fingerprint density at radius 1 is 1.32 bits per heavy atom. The van der Waals surface area contributed by atoms with Gasteiger partial charge >= 0.3 is 0 Å². The van der Waals surface area contributed by atoms with E-state index < -0.39 is 0 Å². The van der Waals surface area contributed by atoms with E-state index in [4.69, 9.17) is 0 Å². The first-order valence-corrected chi connectivity index (χ1v) is 7.52. The van der Waals surface area contributed by atoms with Crippen molar-refractivity contribution in [3.8, 4) is 11.3 Å². The van der Waals surface area contributed by atoms with Crippen LogP contribution in [0.25, 0.3) is 11.3 Å². The van der Waals surface area contributed by atoms with Crippen LogP contribution in [-0.4, -0.2) is 51.0 Å². The van der Waals surface area contributed by atoms with Crippen LogP contribution in [0.2, 0.25) is 0 Å². The molecule has 0 aliphatic carbocycles. The van der Waals surface area contributed by atoms with E-state index in [2.05, 4.69) is 29.5 Å². The lowest BCUT2D eigenvalue weighted by Gasteiger charge is -2.39. The molecule has 1 aromatic heterocycles. The second-order valence-corrected chi connectivity index (χ2v) is 6.29. The van der Waals surface area contributed by atoms with Crippen LogP contribution >= 0.6 is 0 Å². The Bertz CT molecular complexity index is 650. The first-order valence-electron chi connectivity index (χ1n) is 7.52. The third kappa shape index (κ3) is 3.33. The van der Waals surface area contributed by atoms with Crippen LogP contribution < -0.4 is 5.32 Å². The van der Waals surface area contributed by atoms with Crippen molar-refractivity contribution in [2.24, 2.45) is 0 Å². The van der Waals surface area contributed by atoms with Crippen molar-refractivity contribution in [2.45, 2.75) is 25.9 Å². The van der Waals surface area contributed by atoms with Gasteiger partial charge in [0.2, 0.25) is 5.91 Å². The van der Waals surface area contributed by atoms with E-state index >= 15 is 0 Å². The van der Waals surface area contributed by atoms with Gasteiger partial charge < -0.3 is 10.2 Å². The SMILES string of the molecule is CC1(C)CN(C(=O)Cn2cc(-c3ccccc3)nn2)CCN1. The minimum Gasteiger partial charge on any atom is -0.338 e. The van der Waals surface area contributed by atoms with Gasteiger partial charge in [-0.05, 0) is 13.8 Å². The summed E-state index contributed by atoms with van der Waals surface area (Å²) in [5, 5.41) is 11.6. The molecule has 0 spiro atoms. The molecule has 0 unspecified atom stereocenters. The highest BCUT2D eigenvalue weighted by Gasteiger charge is 2.28. The van der Waals surface area contributed by atoms with Crippen LogP contribution in [0.3, 0.4) is 0 Å². The van der Waals surface area contributed by atoms with E-state index in [1.165, 1.54) is 0 Å². The third-order valence-electron chi connectivity index (χ3n) is 3.83. The number of benzene rings is 1. The molecule has 1 N–H and O–H groups in total. The highest BCUT2D eigenvalue weighted by molar-refractivity contribution is 5.76. The fourth-order valence-corrected chi connectivity index (χ4v) is 2.71. The van der Waals surface area contributed by atoms with Gasteiger partial charge in [0.15, 0.2) is 0 Å². The van der Waals surface area contributed by atoms with Crippen molar-refractivity contribution in [2.75, 3.05) is 19.6 Å². The Kier molecular flexibility index (Phi) is 3.94. The topological polar surface area (TPSA) is 63.1 Å². The first-order chi connectivity index (χ1) is 10.5. The lowest BCUT2D eigenvalue weighted by atomic mass is 10.0. The van der Waals surface area contributed by atoms with Crippen molar-refractivity contribution in [3.63, 3.8) is 0 Å². The normalized spacial score (nSPS) is 17.5. The molecule has 1 aliphatic heterocycles. The van der Waals surface area contributed by atoms with Crippen molar-refractivity contribution in [1.29, 1.82) is 0 Å². The van der Waals surface area contributed by atoms with Crippen molar-refractivity contribution in [3.05, 3.63) is 36.5 Å². The Morgan fingerprint density at radius 2 is 2.09 bits per heavy atom. The molecule has 116 valence electrons. The van der Waals surface area contributed by atoms with Crippen molar-refractivity contribution < 1.29 is 4.79 Å². The summed E-state index contributed by atoms with van der Waals surface area (Å²) < 4.78 is 1.61. The van der Waals surface area contributed by atoms with Crippen LogP contribution in [-0.2, 0) is 11.3 Å². The Balaban J connectivity index is 1.66. The molecule has 1 saturated heterocycles. The molecule has 22 heavy (non-hydrogen) atoms. The van der Waals surface area contributed by atoms with E-state index in [-0.39, 0.29) is 18.0 Å². The molecule has 3 rings (SSSR count). The zero-order valence-electron chi connectivity index (χ0n) is 13.0. The number of nitrogens with one attached hydrogen (secondary N) is 1. The molecule has 1 amide bonds. The largest absolute Gasteiger partial charge is 0.338 e. The molecular weight excluding hydrogens is 278 g/mol. The standard InChI is InChI=1S/C16H21N5O/c1-16(2)12-20(9-8-17-16)15(22)11-21-10-14(18-19-21)13-6-4-3-5-7-13/h3-7,10,17H,8-9,11-12H2,1-2H3. The summed E-state index contributed by atoms with van der Waals surface area (Å²) in [6, 6.07) is 9.85. The van der Waals surface area contributed by atoms with Crippen LogP contribution in [0.15, 0.2) is 36.5 Å². The van der Waals surface area contributed by atoms with Gasteiger partial charge in [0.05, 0.1) is 6.20 Å². The lowest BCUT2D eigenvalue weighted by molar-refractivity contribution is -0.134. The maximum Gasteiger partial charge on any atom is 0.244 e. The summed E-state index contributed by atoms with van der Waals surface area (Å²) in [5.41, 5.74) is 1.75. The number of carbonyl (C=O) groups excluding carboxylic acids is 1. The van der Waals surface area contributed by atoms with E-state index in [1.807, 2.05) is 41.4 Å². The summed E-state index contributed by atoms with van der Waals surface area (Å²) >= 11 is 0. The number of carbonyl (C=O) groups is 1. The fourth-order valence-electron chi connectivity index (χ4n) is 2.71. The van der Waals surface area contributed by atoms with Gasteiger partial charge in [-0.15, -0.1) is 5.10 Å². The minimum atomic E-state index is -0.0362. The molecular formula is C16H21N5O. The average molecular weight is 299 g/mol. The molecule has 1 aromatic carbocycles. The quantitative estimate of drug-likeness (QED) is 0.923.